The number of aryl methyl sites for hydroxylation is 1. The Morgan fingerprint density at radius 2 is 2.21 bits per heavy atom. The summed E-state index contributed by atoms with van der Waals surface area (Å²) in [6, 6.07) is 3.97. The molecule has 0 fully saturated rings. The van der Waals surface area contributed by atoms with Crippen molar-refractivity contribution in [1.29, 1.82) is 0 Å². The molecule has 1 aliphatic rings. The molecule has 0 unspecified atom stereocenters. The molecule has 0 saturated heterocycles. The van der Waals surface area contributed by atoms with E-state index in [2.05, 4.69) is 31.2 Å². The Kier molecular flexibility index (Phi) is 3.25. The Morgan fingerprint density at radius 3 is 3.05 bits per heavy atom. The van der Waals surface area contributed by atoms with Gasteiger partial charge >= 0.3 is 0 Å². The summed E-state index contributed by atoms with van der Waals surface area (Å²) in [5.41, 5.74) is 1.97. The van der Waals surface area contributed by atoms with E-state index < -0.39 is 0 Å². The Balaban J connectivity index is 1.76. The molecule has 0 atom stereocenters. The largest absolute Gasteiger partial charge is 0.454 e. The average molecular weight is 322 g/mol. The molecule has 2 aromatic rings. The molecule has 1 N–H and O–H groups in total. The fourth-order valence-corrected chi connectivity index (χ4v) is 2.47. The number of fused-ring (bicyclic) bond motifs is 1. The zero-order chi connectivity index (χ0) is 13.2. The predicted molar refractivity (Wildman–Crippen MR) is 74.4 cm³/mol. The molecule has 1 aromatic heterocycles. The molecular formula is C13H12BrN3O2. The molecule has 3 rings (SSSR count). The van der Waals surface area contributed by atoms with Gasteiger partial charge in [-0.1, -0.05) is 0 Å². The van der Waals surface area contributed by atoms with E-state index in [9.17, 15) is 0 Å². The van der Waals surface area contributed by atoms with Crippen molar-refractivity contribution in [2.45, 2.75) is 13.5 Å². The Hall–Kier alpha value is -1.82. The van der Waals surface area contributed by atoms with Crippen LogP contribution in [0.4, 0.5) is 5.82 Å². The first-order valence-electron chi connectivity index (χ1n) is 5.83. The summed E-state index contributed by atoms with van der Waals surface area (Å²) in [4.78, 5) is 8.43. The van der Waals surface area contributed by atoms with Crippen molar-refractivity contribution >= 4 is 21.7 Å². The van der Waals surface area contributed by atoms with E-state index in [1.54, 1.807) is 12.4 Å². The van der Waals surface area contributed by atoms with Crippen molar-refractivity contribution in [3.8, 4) is 11.5 Å². The second-order valence-electron chi connectivity index (χ2n) is 4.21. The van der Waals surface area contributed by atoms with Gasteiger partial charge in [0, 0.05) is 12.7 Å². The molecule has 6 heteroatoms. The van der Waals surface area contributed by atoms with Crippen molar-refractivity contribution in [3.63, 3.8) is 0 Å². The van der Waals surface area contributed by atoms with E-state index in [-0.39, 0.29) is 6.79 Å². The summed E-state index contributed by atoms with van der Waals surface area (Å²) >= 11 is 3.48. The van der Waals surface area contributed by atoms with Gasteiger partial charge in [0.15, 0.2) is 11.5 Å². The number of halogens is 1. The van der Waals surface area contributed by atoms with Gasteiger partial charge < -0.3 is 14.8 Å². The lowest BCUT2D eigenvalue weighted by molar-refractivity contribution is 0.173. The smallest absolute Gasteiger partial charge is 0.231 e. The van der Waals surface area contributed by atoms with E-state index in [1.165, 1.54) is 0 Å². The number of aromatic nitrogens is 2. The standard InChI is InChI=1S/C13H12BrN3O2/c1-8-4-15-6-12(17-8)16-5-9-2-10(14)13-11(3-9)18-7-19-13/h2-4,6H,5,7H2,1H3,(H,16,17). The van der Waals surface area contributed by atoms with Crippen molar-refractivity contribution in [2.24, 2.45) is 0 Å². The van der Waals surface area contributed by atoms with E-state index in [4.69, 9.17) is 9.47 Å². The Morgan fingerprint density at radius 1 is 1.32 bits per heavy atom. The number of hydrogen-bond acceptors (Lipinski definition) is 5. The van der Waals surface area contributed by atoms with E-state index >= 15 is 0 Å². The van der Waals surface area contributed by atoms with E-state index in [1.807, 2.05) is 19.1 Å². The van der Waals surface area contributed by atoms with Crippen molar-refractivity contribution in [1.82, 2.24) is 9.97 Å². The maximum Gasteiger partial charge on any atom is 0.231 e. The number of nitrogens with zero attached hydrogens (tertiary/aromatic N) is 2. The van der Waals surface area contributed by atoms with Gasteiger partial charge in [0.05, 0.1) is 16.4 Å². The molecule has 1 aliphatic heterocycles. The highest BCUT2D eigenvalue weighted by atomic mass is 79.9. The molecule has 19 heavy (non-hydrogen) atoms. The molecule has 0 saturated carbocycles. The fraction of sp³-hybridized carbons (Fsp3) is 0.231. The van der Waals surface area contributed by atoms with Gasteiger partial charge in [0.25, 0.3) is 0 Å². The minimum atomic E-state index is 0.272. The summed E-state index contributed by atoms with van der Waals surface area (Å²) in [5.74, 6) is 2.29. The lowest BCUT2D eigenvalue weighted by atomic mass is 10.2. The summed E-state index contributed by atoms with van der Waals surface area (Å²) < 4.78 is 11.6. The van der Waals surface area contributed by atoms with Crippen molar-refractivity contribution in [2.75, 3.05) is 12.1 Å². The quantitative estimate of drug-likeness (QED) is 0.942. The number of ether oxygens (including phenoxy) is 2. The molecule has 0 bridgehead atoms. The maximum atomic E-state index is 5.38. The highest BCUT2D eigenvalue weighted by molar-refractivity contribution is 9.10. The van der Waals surface area contributed by atoms with Crippen LogP contribution < -0.4 is 14.8 Å². The van der Waals surface area contributed by atoms with Gasteiger partial charge in [-0.3, -0.25) is 4.98 Å². The van der Waals surface area contributed by atoms with Crippen molar-refractivity contribution < 1.29 is 9.47 Å². The van der Waals surface area contributed by atoms with Gasteiger partial charge in [0.2, 0.25) is 6.79 Å². The van der Waals surface area contributed by atoms with Crippen LogP contribution in [0.5, 0.6) is 11.5 Å². The third-order valence-electron chi connectivity index (χ3n) is 2.72. The molecule has 0 aliphatic carbocycles. The molecular weight excluding hydrogens is 310 g/mol. The molecule has 98 valence electrons. The first-order chi connectivity index (χ1) is 9.22. The third-order valence-corrected chi connectivity index (χ3v) is 3.30. The molecule has 0 spiro atoms. The summed E-state index contributed by atoms with van der Waals surface area (Å²) in [5, 5.41) is 3.23. The lowest BCUT2D eigenvalue weighted by Gasteiger charge is -2.08. The van der Waals surface area contributed by atoms with Crippen LogP contribution in [-0.2, 0) is 6.54 Å². The van der Waals surface area contributed by atoms with E-state index in [0.717, 1.165) is 33.0 Å². The number of rotatable bonds is 3. The van der Waals surface area contributed by atoms with Gasteiger partial charge in [-0.2, -0.15) is 0 Å². The topological polar surface area (TPSA) is 56.3 Å². The van der Waals surface area contributed by atoms with Crippen molar-refractivity contribution in [3.05, 3.63) is 40.3 Å². The number of anilines is 1. The lowest BCUT2D eigenvalue weighted by Crippen LogP contribution is -2.02. The zero-order valence-electron chi connectivity index (χ0n) is 10.3. The molecule has 0 amide bonds. The molecule has 2 heterocycles. The van der Waals surface area contributed by atoms with Gasteiger partial charge in [0.1, 0.15) is 5.82 Å². The maximum absolute atomic E-state index is 5.38. The van der Waals surface area contributed by atoms with Gasteiger partial charge in [-0.05, 0) is 40.5 Å². The fourth-order valence-electron chi connectivity index (χ4n) is 1.86. The van der Waals surface area contributed by atoms with Gasteiger partial charge in [-0.25, -0.2) is 4.98 Å². The van der Waals surface area contributed by atoms with Crippen LogP contribution in [0.25, 0.3) is 0 Å². The van der Waals surface area contributed by atoms with Crippen LogP contribution in [0.2, 0.25) is 0 Å². The SMILES string of the molecule is Cc1cncc(NCc2cc(Br)c3c(c2)OCO3)n1. The number of benzene rings is 1. The first-order valence-corrected chi connectivity index (χ1v) is 6.62. The van der Waals surface area contributed by atoms with Crippen LogP contribution in [-0.4, -0.2) is 16.8 Å². The molecule has 1 aromatic carbocycles. The van der Waals surface area contributed by atoms with Crippen LogP contribution in [0.3, 0.4) is 0 Å². The summed E-state index contributed by atoms with van der Waals surface area (Å²) in [6.45, 7) is 2.83. The predicted octanol–water partition coefficient (Wildman–Crippen LogP) is 2.89. The normalized spacial score (nSPS) is 12.5. The second-order valence-corrected chi connectivity index (χ2v) is 5.07. The Bertz CT molecular complexity index is 619. The van der Waals surface area contributed by atoms with Crippen LogP contribution in [0.1, 0.15) is 11.3 Å². The Labute approximate surface area is 119 Å². The molecule has 5 nitrogen and oxygen atoms in total. The van der Waals surface area contributed by atoms with Crippen LogP contribution in [0, 0.1) is 6.92 Å². The number of nitrogens with one attached hydrogen (secondary N) is 1. The monoisotopic (exact) mass is 321 g/mol. The zero-order valence-corrected chi connectivity index (χ0v) is 11.9. The third kappa shape index (κ3) is 2.63. The summed E-state index contributed by atoms with van der Waals surface area (Å²) in [6.07, 6.45) is 3.43. The average Bonchev–Trinajstić information content (AvgIpc) is 2.85. The van der Waals surface area contributed by atoms with Gasteiger partial charge in [-0.15, -0.1) is 0 Å². The van der Waals surface area contributed by atoms with E-state index in [0.29, 0.717) is 6.54 Å². The number of hydrogen-bond donors (Lipinski definition) is 1. The first kappa shape index (κ1) is 12.2. The highest BCUT2D eigenvalue weighted by Crippen LogP contribution is 2.40. The minimum absolute atomic E-state index is 0.272. The molecule has 0 radical (unpaired) electrons. The van der Waals surface area contributed by atoms with Crippen LogP contribution >= 0.6 is 15.9 Å². The summed E-state index contributed by atoms with van der Waals surface area (Å²) in [7, 11) is 0. The minimum Gasteiger partial charge on any atom is -0.454 e. The second kappa shape index (κ2) is 5.05. The highest BCUT2D eigenvalue weighted by Gasteiger charge is 2.17. The van der Waals surface area contributed by atoms with Crippen LogP contribution in [0.15, 0.2) is 29.0 Å².